The smallest absolute Gasteiger partial charge is 0.325 e. The van der Waals surface area contributed by atoms with Crippen molar-refractivity contribution in [2.24, 2.45) is 0 Å². The normalized spacial score (nSPS) is 12.1. The van der Waals surface area contributed by atoms with Crippen LogP contribution in [0, 0.1) is 18.3 Å². The Bertz CT molecular complexity index is 887. The van der Waals surface area contributed by atoms with Crippen LogP contribution in [0.1, 0.15) is 22.4 Å². The number of rotatable bonds is 1. The molecule has 1 aromatic heterocycles. The quantitative estimate of drug-likeness (QED) is 0.785. The number of aromatic nitrogens is 1. The maximum absolute atomic E-state index is 13.1. The van der Waals surface area contributed by atoms with Gasteiger partial charge in [-0.2, -0.15) is 31.6 Å². The van der Waals surface area contributed by atoms with Crippen molar-refractivity contribution in [3.8, 4) is 17.2 Å². The minimum atomic E-state index is -4.96. The summed E-state index contributed by atoms with van der Waals surface area (Å²) in [6.07, 6.45) is -9.83. The molecule has 0 amide bonds. The molecule has 0 bridgehead atoms. The van der Waals surface area contributed by atoms with Crippen LogP contribution in [-0.4, -0.2) is 4.98 Å². The molecule has 3 nitrogen and oxygen atoms in total. The topological polar surface area (TPSA) is 56.6 Å². The van der Waals surface area contributed by atoms with Crippen LogP contribution in [0.5, 0.6) is 0 Å². The molecule has 0 radical (unpaired) electrons. The van der Waals surface area contributed by atoms with Gasteiger partial charge in [-0.05, 0) is 36.8 Å². The molecule has 0 saturated carbocycles. The van der Waals surface area contributed by atoms with Crippen LogP contribution < -0.4 is 5.56 Å². The van der Waals surface area contributed by atoms with E-state index in [2.05, 4.69) is 4.98 Å². The number of nitrogens with zero attached hydrogens (tertiary/aromatic N) is 1. The number of pyridine rings is 1. The maximum atomic E-state index is 13.1. The first kappa shape index (κ1) is 17.6. The molecule has 1 aromatic carbocycles. The molecule has 2 aromatic rings. The molecule has 0 aliphatic heterocycles. The van der Waals surface area contributed by atoms with Gasteiger partial charge in [0, 0.05) is 11.3 Å². The predicted octanol–water partition coefficient (Wildman–Crippen LogP) is 4.26. The van der Waals surface area contributed by atoms with Gasteiger partial charge in [0.15, 0.2) is 0 Å². The molecule has 0 aliphatic rings. The van der Waals surface area contributed by atoms with Gasteiger partial charge in [-0.15, -0.1) is 0 Å². The second-order valence-electron chi connectivity index (χ2n) is 4.94. The zero-order chi connectivity index (χ0) is 18.3. The summed E-state index contributed by atoms with van der Waals surface area (Å²) in [5.41, 5.74) is -5.60. The van der Waals surface area contributed by atoms with Crippen LogP contribution >= 0.6 is 0 Å². The Labute approximate surface area is 131 Å². The fourth-order valence-electron chi connectivity index (χ4n) is 2.20. The molecule has 9 heteroatoms. The lowest BCUT2D eigenvalue weighted by atomic mass is 9.94. The Balaban J connectivity index is 2.92. The zero-order valence-electron chi connectivity index (χ0n) is 11.9. The van der Waals surface area contributed by atoms with Gasteiger partial charge in [-0.3, -0.25) is 4.79 Å². The molecule has 1 N–H and O–H groups in total. The van der Waals surface area contributed by atoms with E-state index in [9.17, 15) is 31.1 Å². The highest BCUT2D eigenvalue weighted by molar-refractivity contribution is 5.74. The summed E-state index contributed by atoms with van der Waals surface area (Å²) in [6, 6.07) is 3.35. The summed E-state index contributed by atoms with van der Waals surface area (Å²) < 4.78 is 78.0. The minimum absolute atomic E-state index is 0.111. The number of aromatic amines is 1. The van der Waals surface area contributed by atoms with E-state index >= 15 is 0 Å². The molecule has 0 aliphatic carbocycles. The van der Waals surface area contributed by atoms with Crippen LogP contribution in [-0.2, 0) is 12.4 Å². The summed E-state index contributed by atoms with van der Waals surface area (Å²) in [5.74, 6) is 0. The molecule has 0 atom stereocenters. The summed E-state index contributed by atoms with van der Waals surface area (Å²) >= 11 is 0. The first-order chi connectivity index (χ1) is 10.9. The van der Waals surface area contributed by atoms with Crippen molar-refractivity contribution in [2.75, 3.05) is 0 Å². The summed E-state index contributed by atoms with van der Waals surface area (Å²) in [7, 11) is 0. The third-order valence-corrected chi connectivity index (χ3v) is 3.22. The van der Waals surface area contributed by atoms with Crippen LogP contribution in [0.4, 0.5) is 26.3 Å². The minimum Gasteiger partial charge on any atom is -0.325 e. The molecule has 2 rings (SSSR count). The van der Waals surface area contributed by atoms with Gasteiger partial charge in [-0.1, -0.05) is 0 Å². The molecule has 126 valence electrons. The fourth-order valence-corrected chi connectivity index (χ4v) is 2.20. The van der Waals surface area contributed by atoms with Gasteiger partial charge in [-0.25, -0.2) is 0 Å². The van der Waals surface area contributed by atoms with Crippen molar-refractivity contribution in [1.82, 2.24) is 4.98 Å². The molecular weight excluding hydrogens is 338 g/mol. The van der Waals surface area contributed by atoms with Crippen molar-refractivity contribution >= 4 is 0 Å². The predicted molar refractivity (Wildman–Crippen MR) is 72.0 cm³/mol. The maximum Gasteiger partial charge on any atom is 0.417 e. The molecule has 1 heterocycles. The van der Waals surface area contributed by atoms with Gasteiger partial charge in [0.25, 0.3) is 5.56 Å². The highest BCUT2D eigenvalue weighted by Crippen LogP contribution is 2.41. The zero-order valence-corrected chi connectivity index (χ0v) is 11.9. The average Bonchev–Trinajstić information content (AvgIpc) is 2.44. The van der Waals surface area contributed by atoms with Crippen molar-refractivity contribution < 1.29 is 26.3 Å². The number of alkyl halides is 6. The van der Waals surface area contributed by atoms with Crippen LogP contribution in [0.3, 0.4) is 0 Å². The van der Waals surface area contributed by atoms with E-state index in [1.165, 1.54) is 13.0 Å². The van der Waals surface area contributed by atoms with E-state index in [4.69, 9.17) is 5.26 Å². The number of nitrogens with one attached hydrogen (secondary N) is 1. The molecule has 0 spiro atoms. The largest absolute Gasteiger partial charge is 0.417 e. The van der Waals surface area contributed by atoms with Crippen molar-refractivity contribution in [3.63, 3.8) is 0 Å². The van der Waals surface area contributed by atoms with E-state index in [1.54, 1.807) is 0 Å². The molecule has 0 fully saturated rings. The number of aryl methyl sites for hydroxylation is 1. The number of H-pyrrole nitrogens is 1. The summed E-state index contributed by atoms with van der Waals surface area (Å²) in [5, 5.41) is 9.00. The standard InChI is InChI=1S/C15H8F6N2O/c1-7-4-9(11(6-22)13(24)23-7)10-5-8(14(16,17)18)2-3-12(10)15(19,20)21/h2-5H,1H3,(H,23,24). The SMILES string of the molecule is Cc1cc(-c2cc(C(F)(F)F)ccc2C(F)(F)F)c(C#N)c(=O)[nH]1. The third-order valence-electron chi connectivity index (χ3n) is 3.22. The van der Waals surface area contributed by atoms with Crippen molar-refractivity contribution in [3.05, 3.63) is 57.0 Å². The number of benzene rings is 1. The Morgan fingerprint density at radius 2 is 1.62 bits per heavy atom. The molecule has 24 heavy (non-hydrogen) atoms. The lowest BCUT2D eigenvalue weighted by Crippen LogP contribution is -2.16. The fraction of sp³-hybridized carbons (Fsp3) is 0.200. The van der Waals surface area contributed by atoms with Gasteiger partial charge >= 0.3 is 12.4 Å². The van der Waals surface area contributed by atoms with Crippen molar-refractivity contribution in [2.45, 2.75) is 19.3 Å². The van der Waals surface area contributed by atoms with Gasteiger partial charge in [0.2, 0.25) is 0 Å². The first-order valence-corrected chi connectivity index (χ1v) is 6.38. The average molecular weight is 346 g/mol. The lowest BCUT2D eigenvalue weighted by Gasteiger charge is -2.17. The van der Waals surface area contributed by atoms with Crippen LogP contribution in [0.25, 0.3) is 11.1 Å². The number of hydrogen-bond acceptors (Lipinski definition) is 2. The number of nitriles is 1. The van der Waals surface area contributed by atoms with E-state index in [0.717, 1.165) is 6.07 Å². The van der Waals surface area contributed by atoms with E-state index in [-0.39, 0.29) is 17.8 Å². The number of hydrogen-bond donors (Lipinski definition) is 1. The molecular formula is C15H8F6N2O. The second-order valence-corrected chi connectivity index (χ2v) is 4.94. The summed E-state index contributed by atoms with van der Waals surface area (Å²) in [6.45, 7) is 1.34. The van der Waals surface area contributed by atoms with E-state index in [0.29, 0.717) is 6.07 Å². The van der Waals surface area contributed by atoms with Gasteiger partial charge in [0.05, 0.1) is 11.1 Å². The Hall–Kier alpha value is -2.76. The summed E-state index contributed by atoms with van der Waals surface area (Å²) in [4.78, 5) is 13.9. The third kappa shape index (κ3) is 3.27. The molecule has 0 unspecified atom stereocenters. The lowest BCUT2D eigenvalue weighted by molar-refractivity contribution is -0.141. The second kappa shape index (κ2) is 5.70. The Morgan fingerprint density at radius 1 is 1.00 bits per heavy atom. The monoisotopic (exact) mass is 346 g/mol. The number of halogens is 6. The molecule has 0 saturated heterocycles. The Morgan fingerprint density at radius 3 is 2.12 bits per heavy atom. The van der Waals surface area contributed by atoms with Crippen LogP contribution in [0.15, 0.2) is 29.1 Å². The van der Waals surface area contributed by atoms with Gasteiger partial charge in [0.1, 0.15) is 11.6 Å². The first-order valence-electron chi connectivity index (χ1n) is 6.38. The van der Waals surface area contributed by atoms with Crippen LogP contribution in [0.2, 0.25) is 0 Å². The van der Waals surface area contributed by atoms with Gasteiger partial charge < -0.3 is 4.98 Å². The Kier molecular flexibility index (Phi) is 4.18. The van der Waals surface area contributed by atoms with E-state index < -0.39 is 45.7 Å². The highest BCUT2D eigenvalue weighted by Gasteiger charge is 2.38. The van der Waals surface area contributed by atoms with E-state index in [1.807, 2.05) is 0 Å². The van der Waals surface area contributed by atoms with Crippen molar-refractivity contribution in [1.29, 1.82) is 5.26 Å². The highest BCUT2D eigenvalue weighted by atomic mass is 19.4.